The maximum absolute atomic E-state index is 13.1. The Morgan fingerprint density at radius 1 is 1.14 bits per heavy atom. The van der Waals surface area contributed by atoms with Crippen LogP contribution in [0.1, 0.15) is 34.2 Å². The van der Waals surface area contributed by atoms with Crippen LogP contribution >= 0.6 is 0 Å². The number of nitrogens with one attached hydrogen (secondary N) is 2. The first-order valence-electron chi connectivity index (χ1n) is 9.25. The number of benzene rings is 2. The van der Waals surface area contributed by atoms with E-state index in [1.165, 1.54) is 18.6 Å². The van der Waals surface area contributed by atoms with Gasteiger partial charge >= 0.3 is 6.18 Å². The lowest BCUT2D eigenvalue weighted by atomic mass is 10.0. The lowest BCUT2D eigenvalue weighted by molar-refractivity contribution is -0.137. The minimum atomic E-state index is -4.55. The van der Waals surface area contributed by atoms with Crippen LogP contribution in [0, 0.1) is 17.2 Å². The highest BCUT2D eigenvalue weighted by Crippen LogP contribution is 2.32. The zero-order chi connectivity index (χ0) is 20.0. The number of hydrogen-bond donors (Lipinski definition) is 2. The molecule has 1 atom stereocenters. The third-order valence-electron chi connectivity index (χ3n) is 4.81. The molecule has 2 aromatic carbocycles. The van der Waals surface area contributed by atoms with E-state index in [1.807, 2.05) is 24.3 Å². The van der Waals surface area contributed by atoms with Crippen molar-refractivity contribution in [2.45, 2.75) is 19.1 Å². The summed E-state index contributed by atoms with van der Waals surface area (Å²) >= 11 is 0. The van der Waals surface area contributed by atoms with Crippen molar-refractivity contribution in [3.63, 3.8) is 0 Å². The molecule has 0 aliphatic carbocycles. The van der Waals surface area contributed by atoms with Gasteiger partial charge in [-0.05, 0) is 60.8 Å². The molecule has 0 bridgehead atoms. The first-order valence-corrected chi connectivity index (χ1v) is 9.25. The standard InChI is InChI=1S/C22H22F3N3/c23-22(24,25)21-11-17(6-7-20(21)12-26)5-4-16-2-1-3-18(10-16)13-28-15-19-8-9-27-14-19/h1-7,10-11,19,27-28H,8-9,13-15H2/b5-4+. The number of rotatable bonds is 6. The van der Waals surface area contributed by atoms with Crippen molar-refractivity contribution in [3.05, 3.63) is 70.3 Å². The Labute approximate surface area is 162 Å². The average Bonchev–Trinajstić information content (AvgIpc) is 3.19. The number of hydrogen-bond acceptors (Lipinski definition) is 3. The van der Waals surface area contributed by atoms with E-state index in [1.54, 1.807) is 18.2 Å². The van der Waals surface area contributed by atoms with Gasteiger partial charge in [-0.25, -0.2) is 0 Å². The SMILES string of the molecule is N#Cc1ccc(/C=C/c2cccc(CNCC3CCNC3)c2)cc1C(F)(F)F. The van der Waals surface area contributed by atoms with Crippen molar-refractivity contribution < 1.29 is 13.2 Å². The lowest BCUT2D eigenvalue weighted by Crippen LogP contribution is -2.24. The van der Waals surface area contributed by atoms with Crippen molar-refractivity contribution in [2.75, 3.05) is 19.6 Å². The Balaban J connectivity index is 1.66. The minimum absolute atomic E-state index is 0.366. The molecule has 1 aliphatic rings. The fourth-order valence-corrected chi connectivity index (χ4v) is 3.31. The summed E-state index contributed by atoms with van der Waals surface area (Å²) in [4.78, 5) is 0. The summed E-state index contributed by atoms with van der Waals surface area (Å²) < 4.78 is 39.2. The highest BCUT2D eigenvalue weighted by atomic mass is 19.4. The van der Waals surface area contributed by atoms with Gasteiger partial charge in [-0.3, -0.25) is 0 Å². The van der Waals surface area contributed by atoms with Crippen molar-refractivity contribution in [2.24, 2.45) is 5.92 Å². The molecule has 2 aromatic rings. The van der Waals surface area contributed by atoms with Gasteiger partial charge in [0.05, 0.1) is 17.2 Å². The van der Waals surface area contributed by atoms with Crippen molar-refractivity contribution >= 4 is 12.2 Å². The molecule has 0 spiro atoms. The quantitative estimate of drug-likeness (QED) is 0.723. The van der Waals surface area contributed by atoms with Gasteiger partial charge in [0, 0.05) is 6.54 Å². The molecule has 1 saturated heterocycles. The average molecular weight is 385 g/mol. The molecule has 0 saturated carbocycles. The topological polar surface area (TPSA) is 47.9 Å². The van der Waals surface area contributed by atoms with E-state index < -0.39 is 11.7 Å². The molecule has 0 aromatic heterocycles. The molecule has 0 radical (unpaired) electrons. The van der Waals surface area contributed by atoms with E-state index in [0.717, 1.165) is 43.4 Å². The number of alkyl halides is 3. The fourth-order valence-electron chi connectivity index (χ4n) is 3.31. The highest BCUT2D eigenvalue weighted by molar-refractivity contribution is 5.70. The number of nitriles is 1. The smallest absolute Gasteiger partial charge is 0.316 e. The van der Waals surface area contributed by atoms with E-state index in [2.05, 4.69) is 10.6 Å². The van der Waals surface area contributed by atoms with Crippen LogP contribution < -0.4 is 10.6 Å². The molecular formula is C22H22F3N3. The summed E-state index contributed by atoms with van der Waals surface area (Å²) in [5.74, 6) is 0.669. The molecule has 1 unspecified atom stereocenters. The predicted molar refractivity (Wildman–Crippen MR) is 104 cm³/mol. The molecule has 3 rings (SSSR count). The van der Waals surface area contributed by atoms with Crippen LogP contribution in [0.4, 0.5) is 13.2 Å². The zero-order valence-electron chi connectivity index (χ0n) is 15.4. The highest BCUT2D eigenvalue weighted by Gasteiger charge is 2.33. The second-order valence-corrected chi connectivity index (χ2v) is 6.98. The van der Waals surface area contributed by atoms with Crippen LogP contribution in [-0.4, -0.2) is 19.6 Å². The third kappa shape index (κ3) is 5.44. The minimum Gasteiger partial charge on any atom is -0.316 e. The van der Waals surface area contributed by atoms with Crippen LogP contribution in [0.5, 0.6) is 0 Å². The van der Waals surface area contributed by atoms with Crippen LogP contribution in [0.25, 0.3) is 12.2 Å². The number of halogens is 3. The Hall–Kier alpha value is -2.62. The second-order valence-electron chi connectivity index (χ2n) is 6.98. The summed E-state index contributed by atoms with van der Waals surface area (Å²) in [6.07, 6.45) is 0.0642. The van der Waals surface area contributed by atoms with Gasteiger partial charge in [-0.15, -0.1) is 0 Å². The van der Waals surface area contributed by atoms with Crippen molar-refractivity contribution in [3.8, 4) is 6.07 Å². The molecule has 3 nitrogen and oxygen atoms in total. The van der Waals surface area contributed by atoms with Gasteiger partial charge < -0.3 is 10.6 Å². The Kier molecular flexibility index (Phi) is 6.50. The van der Waals surface area contributed by atoms with Gasteiger partial charge in [0.25, 0.3) is 0 Å². The molecule has 6 heteroatoms. The molecule has 146 valence electrons. The van der Waals surface area contributed by atoms with Gasteiger partial charge in [-0.1, -0.05) is 42.5 Å². The van der Waals surface area contributed by atoms with E-state index in [4.69, 9.17) is 5.26 Å². The summed E-state index contributed by atoms with van der Waals surface area (Å²) in [7, 11) is 0. The van der Waals surface area contributed by atoms with E-state index in [-0.39, 0.29) is 5.56 Å². The van der Waals surface area contributed by atoms with Crippen molar-refractivity contribution in [1.82, 2.24) is 10.6 Å². The Bertz CT molecular complexity index is 875. The van der Waals surface area contributed by atoms with E-state index in [9.17, 15) is 13.2 Å². The molecule has 0 amide bonds. The van der Waals surface area contributed by atoms with Crippen LogP contribution in [0.15, 0.2) is 42.5 Å². The monoisotopic (exact) mass is 385 g/mol. The first kappa shape index (κ1) is 20.1. The maximum atomic E-state index is 13.1. The van der Waals surface area contributed by atoms with Gasteiger partial charge in [0.15, 0.2) is 0 Å². The van der Waals surface area contributed by atoms with Crippen LogP contribution in [-0.2, 0) is 12.7 Å². The lowest BCUT2D eigenvalue weighted by Gasteiger charge is -2.10. The van der Waals surface area contributed by atoms with Gasteiger partial charge in [0.1, 0.15) is 0 Å². The van der Waals surface area contributed by atoms with E-state index >= 15 is 0 Å². The summed E-state index contributed by atoms with van der Waals surface area (Å²) in [6, 6.07) is 13.2. The summed E-state index contributed by atoms with van der Waals surface area (Å²) in [5, 5.41) is 15.7. The molecule has 2 N–H and O–H groups in total. The normalized spacial score (nSPS) is 17.1. The van der Waals surface area contributed by atoms with Crippen LogP contribution in [0.2, 0.25) is 0 Å². The maximum Gasteiger partial charge on any atom is 0.417 e. The Morgan fingerprint density at radius 2 is 1.93 bits per heavy atom. The zero-order valence-corrected chi connectivity index (χ0v) is 15.4. The largest absolute Gasteiger partial charge is 0.417 e. The molecule has 1 heterocycles. The van der Waals surface area contributed by atoms with E-state index in [0.29, 0.717) is 11.5 Å². The summed E-state index contributed by atoms with van der Waals surface area (Å²) in [6.45, 7) is 3.87. The first-order chi connectivity index (χ1) is 13.5. The predicted octanol–water partition coefficient (Wildman–Crippen LogP) is 4.45. The third-order valence-corrected chi connectivity index (χ3v) is 4.81. The second kappa shape index (κ2) is 9.05. The molecule has 28 heavy (non-hydrogen) atoms. The molecular weight excluding hydrogens is 363 g/mol. The van der Waals surface area contributed by atoms with Gasteiger partial charge in [-0.2, -0.15) is 18.4 Å². The van der Waals surface area contributed by atoms with Gasteiger partial charge in [0.2, 0.25) is 0 Å². The van der Waals surface area contributed by atoms with Crippen LogP contribution in [0.3, 0.4) is 0 Å². The number of nitrogens with zero attached hydrogens (tertiary/aromatic N) is 1. The van der Waals surface area contributed by atoms with Crippen molar-refractivity contribution in [1.29, 1.82) is 5.26 Å². The Morgan fingerprint density at radius 3 is 2.61 bits per heavy atom. The fraction of sp³-hybridized carbons (Fsp3) is 0.318. The molecule has 1 aliphatic heterocycles. The summed E-state index contributed by atoms with van der Waals surface area (Å²) in [5.41, 5.74) is 1.18. The molecule has 1 fully saturated rings.